The number of hydrogen-bond donors (Lipinski definition) is 2. The summed E-state index contributed by atoms with van der Waals surface area (Å²) >= 11 is 0. The molecule has 0 aliphatic heterocycles. The highest BCUT2D eigenvalue weighted by atomic mass is 32.2. The molecule has 0 saturated heterocycles. The van der Waals surface area contributed by atoms with E-state index in [0.717, 1.165) is 28.2 Å². The number of sulfonamides is 1. The molecule has 1 amide bonds. The Morgan fingerprint density at radius 3 is 2.25 bits per heavy atom. The molecule has 4 aliphatic carbocycles. The summed E-state index contributed by atoms with van der Waals surface area (Å²) in [6.07, 6.45) is 6.65. The second-order valence-electron chi connectivity index (χ2n) is 10.9. The molecule has 2 aromatic carbocycles. The van der Waals surface area contributed by atoms with Crippen molar-refractivity contribution in [2.75, 3.05) is 5.75 Å². The maximum absolute atomic E-state index is 13.1. The highest BCUT2D eigenvalue weighted by Gasteiger charge is 2.49. The van der Waals surface area contributed by atoms with Crippen molar-refractivity contribution in [1.82, 2.24) is 10.0 Å². The summed E-state index contributed by atoms with van der Waals surface area (Å²) in [6.45, 7) is 3.35. The van der Waals surface area contributed by atoms with E-state index in [0.29, 0.717) is 18.3 Å². The van der Waals surface area contributed by atoms with Crippen LogP contribution in [0.4, 0.5) is 0 Å². The average Bonchev–Trinajstić information content (AvgIpc) is 2.73. The van der Waals surface area contributed by atoms with Crippen LogP contribution in [-0.2, 0) is 21.2 Å². The fraction of sp³-hybridized carbons (Fsp3) is 0.577. The van der Waals surface area contributed by atoms with Crippen molar-refractivity contribution >= 4 is 26.7 Å². The van der Waals surface area contributed by atoms with Gasteiger partial charge in [0, 0.05) is 6.04 Å². The maximum atomic E-state index is 13.1. The molecule has 0 atom stereocenters. The van der Waals surface area contributed by atoms with Gasteiger partial charge in [0.1, 0.15) is 5.54 Å². The summed E-state index contributed by atoms with van der Waals surface area (Å²) in [4.78, 5) is 13.1. The SMILES string of the molecule is CC(C)(NS(=O)(=O)CCc1cccc2ccccc12)C(=O)NC1C2CC3CC(C2)CC1C3. The Kier molecular flexibility index (Phi) is 5.57. The number of amides is 1. The molecule has 0 unspecified atom stereocenters. The molecule has 4 aliphatic rings. The lowest BCUT2D eigenvalue weighted by Crippen LogP contribution is -2.62. The largest absolute Gasteiger partial charge is 0.351 e. The van der Waals surface area contributed by atoms with Crippen LogP contribution in [0.15, 0.2) is 42.5 Å². The second kappa shape index (κ2) is 8.14. The first kappa shape index (κ1) is 21.9. The van der Waals surface area contributed by atoms with E-state index in [2.05, 4.69) is 10.0 Å². The zero-order valence-corrected chi connectivity index (χ0v) is 19.8. The molecule has 2 aromatic rings. The number of rotatable bonds is 7. The van der Waals surface area contributed by atoms with Crippen molar-refractivity contribution in [3.8, 4) is 0 Å². The maximum Gasteiger partial charge on any atom is 0.240 e. The predicted octanol–water partition coefficient (Wildman–Crippen LogP) is 4.02. The minimum atomic E-state index is -3.62. The summed E-state index contributed by atoms with van der Waals surface area (Å²) in [5.74, 6) is 2.56. The van der Waals surface area contributed by atoms with Crippen LogP contribution in [-0.4, -0.2) is 31.7 Å². The van der Waals surface area contributed by atoms with Crippen molar-refractivity contribution in [3.05, 3.63) is 48.0 Å². The Balaban J connectivity index is 1.22. The first-order chi connectivity index (χ1) is 15.2. The fourth-order valence-electron chi connectivity index (χ4n) is 6.73. The van der Waals surface area contributed by atoms with E-state index in [1.165, 1.54) is 32.1 Å². The number of nitrogens with one attached hydrogen (secondary N) is 2. The van der Waals surface area contributed by atoms with E-state index in [1.54, 1.807) is 13.8 Å². The van der Waals surface area contributed by atoms with Crippen molar-refractivity contribution < 1.29 is 13.2 Å². The van der Waals surface area contributed by atoms with Crippen LogP contribution in [0.1, 0.15) is 51.5 Å². The third-order valence-electron chi connectivity index (χ3n) is 8.02. The normalized spacial score (nSPS) is 29.4. The molecule has 172 valence electrons. The van der Waals surface area contributed by atoms with Crippen LogP contribution >= 0.6 is 0 Å². The molecule has 4 saturated carbocycles. The lowest BCUT2D eigenvalue weighted by Gasteiger charge is -2.54. The summed E-state index contributed by atoms with van der Waals surface area (Å²) in [6, 6.07) is 14.2. The van der Waals surface area contributed by atoms with Crippen LogP contribution in [0.25, 0.3) is 10.8 Å². The average molecular weight is 455 g/mol. The van der Waals surface area contributed by atoms with Crippen LogP contribution in [0.5, 0.6) is 0 Å². The molecule has 0 spiro atoms. The van der Waals surface area contributed by atoms with Gasteiger partial charge in [-0.15, -0.1) is 0 Å². The standard InChI is InChI=1S/C26H34N2O3S/c1-26(2,25(29)27-24-21-13-17-12-18(15-21)16-22(24)14-17)28-32(30,31)11-10-20-8-5-7-19-6-3-4-9-23(19)20/h3-9,17-18,21-22,24,28H,10-16H2,1-2H3,(H,27,29). The van der Waals surface area contributed by atoms with Crippen molar-refractivity contribution in [3.63, 3.8) is 0 Å². The van der Waals surface area contributed by atoms with Gasteiger partial charge in [0.25, 0.3) is 0 Å². The molecule has 0 radical (unpaired) electrons. The van der Waals surface area contributed by atoms with Crippen LogP contribution < -0.4 is 10.0 Å². The number of fused-ring (bicyclic) bond motifs is 1. The van der Waals surface area contributed by atoms with Crippen molar-refractivity contribution in [2.24, 2.45) is 23.7 Å². The topological polar surface area (TPSA) is 75.3 Å². The monoisotopic (exact) mass is 454 g/mol. The molecule has 0 aromatic heterocycles. The smallest absolute Gasteiger partial charge is 0.240 e. The predicted molar refractivity (Wildman–Crippen MR) is 128 cm³/mol. The summed E-state index contributed by atoms with van der Waals surface area (Å²) < 4.78 is 28.5. The van der Waals surface area contributed by atoms with Crippen molar-refractivity contribution in [2.45, 2.75) is 64.0 Å². The van der Waals surface area contributed by atoms with E-state index in [-0.39, 0.29) is 17.7 Å². The Morgan fingerprint density at radius 2 is 1.56 bits per heavy atom. The van der Waals surface area contributed by atoms with E-state index >= 15 is 0 Å². The van der Waals surface area contributed by atoms with Gasteiger partial charge in [-0.25, -0.2) is 13.1 Å². The van der Waals surface area contributed by atoms with Crippen molar-refractivity contribution in [1.29, 1.82) is 0 Å². The summed E-state index contributed by atoms with van der Waals surface area (Å²) in [5.41, 5.74) is -0.170. The zero-order valence-electron chi connectivity index (χ0n) is 19.0. The summed E-state index contributed by atoms with van der Waals surface area (Å²) in [5, 5.41) is 5.43. The first-order valence-electron chi connectivity index (χ1n) is 12.0. The molecular weight excluding hydrogens is 420 g/mol. The molecule has 6 rings (SSSR count). The van der Waals surface area contributed by atoms with Crippen LogP contribution in [0.2, 0.25) is 0 Å². The van der Waals surface area contributed by atoms with Gasteiger partial charge in [0.05, 0.1) is 5.75 Å². The number of carbonyl (C=O) groups is 1. The molecule has 5 nitrogen and oxygen atoms in total. The molecule has 6 heteroatoms. The number of hydrogen-bond acceptors (Lipinski definition) is 3. The van der Waals surface area contributed by atoms with Crippen LogP contribution in [0.3, 0.4) is 0 Å². The highest BCUT2D eigenvalue weighted by molar-refractivity contribution is 7.89. The highest BCUT2D eigenvalue weighted by Crippen LogP contribution is 2.53. The molecule has 4 fully saturated rings. The van der Waals surface area contributed by atoms with Gasteiger partial charge in [0.15, 0.2) is 0 Å². The molecule has 4 bridgehead atoms. The lowest BCUT2D eigenvalue weighted by atomic mass is 9.54. The first-order valence-corrected chi connectivity index (χ1v) is 13.6. The zero-order chi connectivity index (χ0) is 22.5. The van der Waals surface area contributed by atoms with Gasteiger partial charge >= 0.3 is 0 Å². The van der Waals surface area contributed by atoms with E-state index in [1.807, 2.05) is 42.5 Å². The lowest BCUT2D eigenvalue weighted by molar-refractivity contribution is -0.129. The minimum absolute atomic E-state index is 0.0459. The third-order valence-corrected chi connectivity index (χ3v) is 9.59. The van der Waals surface area contributed by atoms with Gasteiger partial charge in [-0.1, -0.05) is 42.5 Å². The number of carbonyl (C=O) groups excluding carboxylic acids is 1. The quantitative estimate of drug-likeness (QED) is 0.663. The van der Waals surface area contributed by atoms with Gasteiger partial charge < -0.3 is 5.32 Å². The Bertz CT molecular complexity index is 1090. The minimum Gasteiger partial charge on any atom is -0.351 e. The second-order valence-corrected chi connectivity index (χ2v) is 12.7. The fourth-order valence-corrected chi connectivity index (χ4v) is 8.19. The molecular formula is C26H34N2O3S. The number of aryl methyl sites for hydroxylation is 1. The van der Waals surface area contributed by atoms with E-state index in [4.69, 9.17) is 0 Å². The molecule has 32 heavy (non-hydrogen) atoms. The molecule has 0 heterocycles. The van der Waals surface area contributed by atoms with Gasteiger partial charge in [-0.05, 0) is 92.4 Å². The molecule has 2 N–H and O–H groups in total. The van der Waals surface area contributed by atoms with Crippen LogP contribution in [0, 0.1) is 23.7 Å². The number of benzene rings is 2. The third kappa shape index (κ3) is 4.32. The Hall–Kier alpha value is -1.92. The van der Waals surface area contributed by atoms with E-state index in [9.17, 15) is 13.2 Å². The van der Waals surface area contributed by atoms with Gasteiger partial charge in [0.2, 0.25) is 15.9 Å². The van der Waals surface area contributed by atoms with E-state index < -0.39 is 15.6 Å². The Morgan fingerprint density at radius 1 is 0.938 bits per heavy atom. The van der Waals surface area contributed by atoms with Gasteiger partial charge in [-0.2, -0.15) is 0 Å². The van der Waals surface area contributed by atoms with Gasteiger partial charge in [-0.3, -0.25) is 4.79 Å². The Labute approximate surface area is 191 Å². The summed E-state index contributed by atoms with van der Waals surface area (Å²) in [7, 11) is -3.62.